The topological polar surface area (TPSA) is 71.7 Å². The van der Waals surface area contributed by atoms with Crippen LogP contribution < -0.4 is 9.64 Å². The van der Waals surface area contributed by atoms with E-state index in [0.717, 1.165) is 11.3 Å². The maximum absolute atomic E-state index is 12.6. The zero-order chi connectivity index (χ0) is 18.6. The Balaban J connectivity index is 1.33. The second-order valence-corrected chi connectivity index (χ2v) is 6.44. The Bertz CT molecular complexity index is 881. The molecule has 1 aromatic carbocycles. The van der Waals surface area contributed by atoms with Gasteiger partial charge in [-0.3, -0.25) is 4.79 Å². The lowest BCUT2D eigenvalue weighted by Crippen LogP contribution is -2.49. The van der Waals surface area contributed by atoms with E-state index in [1.165, 1.54) is 0 Å². The van der Waals surface area contributed by atoms with Crippen molar-refractivity contribution in [2.75, 3.05) is 37.7 Å². The molecule has 7 nitrogen and oxygen atoms in total. The van der Waals surface area contributed by atoms with Crippen molar-refractivity contribution in [1.29, 1.82) is 0 Å². The van der Waals surface area contributed by atoms with Crippen molar-refractivity contribution in [1.82, 2.24) is 14.9 Å². The normalized spacial score (nSPS) is 14.6. The molecule has 1 aliphatic rings. The van der Waals surface area contributed by atoms with Crippen LogP contribution in [0, 0.1) is 0 Å². The molecule has 3 aromatic rings. The number of ether oxygens (including phenoxy) is 1. The molecular formula is C20H22N4O3. The first-order chi connectivity index (χ1) is 13.2. The molecule has 0 saturated carbocycles. The highest BCUT2D eigenvalue weighted by Crippen LogP contribution is 2.21. The molecule has 0 unspecified atom stereocenters. The van der Waals surface area contributed by atoms with Gasteiger partial charge in [0.25, 0.3) is 6.01 Å². The van der Waals surface area contributed by atoms with Gasteiger partial charge < -0.3 is 19.0 Å². The van der Waals surface area contributed by atoms with Crippen molar-refractivity contribution < 1.29 is 13.9 Å². The fourth-order valence-corrected chi connectivity index (χ4v) is 3.20. The summed E-state index contributed by atoms with van der Waals surface area (Å²) in [5, 5.41) is 0. The molecule has 0 radical (unpaired) electrons. The molecule has 7 heteroatoms. The number of amides is 1. The summed E-state index contributed by atoms with van der Waals surface area (Å²) in [4.78, 5) is 25.2. The average molecular weight is 366 g/mol. The number of fused-ring (bicyclic) bond motifs is 1. The Morgan fingerprint density at radius 2 is 1.93 bits per heavy atom. The van der Waals surface area contributed by atoms with Gasteiger partial charge in [-0.2, -0.15) is 4.98 Å². The van der Waals surface area contributed by atoms with Gasteiger partial charge in [-0.05, 0) is 36.8 Å². The van der Waals surface area contributed by atoms with E-state index in [9.17, 15) is 4.79 Å². The third kappa shape index (κ3) is 3.86. The molecule has 0 N–H and O–H groups in total. The number of nitrogens with zero attached hydrogens (tertiary/aromatic N) is 4. The molecule has 140 valence electrons. The van der Waals surface area contributed by atoms with Crippen LogP contribution >= 0.6 is 0 Å². The molecule has 0 aliphatic carbocycles. The summed E-state index contributed by atoms with van der Waals surface area (Å²) in [6.45, 7) is 5.29. The number of anilines is 1. The minimum Gasteiger partial charge on any atom is -0.494 e. The molecule has 1 saturated heterocycles. The number of carbonyl (C=O) groups excluding carboxylic acids is 1. The van der Waals surface area contributed by atoms with Crippen LogP contribution in [0.1, 0.15) is 12.5 Å². The quantitative estimate of drug-likeness (QED) is 0.691. The van der Waals surface area contributed by atoms with Gasteiger partial charge in [0.15, 0.2) is 5.58 Å². The highest BCUT2D eigenvalue weighted by Gasteiger charge is 2.24. The second-order valence-electron chi connectivity index (χ2n) is 6.44. The van der Waals surface area contributed by atoms with E-state index in [-0.39, 0.29) is 5.91 Å². The molecule has 0 spiro atoms. The van der Waals surface area contributed by atoms with Crippen molar-refractivity contribution in [2.24, 2.45) is 0 Å². The van der Waals surface area contributed by atoms with Crippen LogP contribution in [0.25, 0.3) is 11.2 Å². The van der Waals surface area contributed by atoms with Crippen molar-refractivity contribution in [3.8, 4) is 5.75 Å². The standard InChI is InChI=1S/C20H22N4O3/c1-2-26-16-7-5-15(6-8-16)14-18(25)23-10-12-24(13-11-23)20-22-19-17(27-20)4-3-9-21-19/h3-9H,2,10-14H2,1H3. The summed E-state index contributed by atoms with van der Waals surface area (Å²) >= 11 is 0. The zero-order valence-electron chi connectivity index (χ0n) is 15.3. The molecule has 2 aromatic heterocycles. The number of aromatic nitrogens is 2. The molecule has 1 fully saturated rings. The van der Waals surface area contributed by atoms with Crippen LogP contribution in [0.5, 0.6) is 5.75 Å². The fraction of sp³-hybridized carbons (Fsp3) is 0.350. The first-order valence-corrected chi connectivity index (χ1v) is 9.19. The Labute approximate surface area is 157 Å². The van der Waals surface area contributed by atoms with Crippen LogP contribution in [0.2, 0.25) is 0 Å². The van der Waals surface area contributed by atoms with Gasteiger partial charge in [-0.1, -0.05) is 12.1 Å². The third-order valence-corrected chi connectivity index (χ3v) is 4.65. The van der Waals surface area contributed by atoms with Crippen LogP contribution in [-0.4, -0.2) is 53.6 Å². The largest absolute Gasteiger partial charge is 0.494 e. The van der Waals surface area contributed by atoms with Crippen molar-refractivity contribution in [2.45, 2.75) is 13.3 Å². The summed E-state index contributed by atoms with van der Waals surface area (Å²) in [6.07, 6.45) is 2.10. The Morgan fingerprint density at radius 1 is 1.15 bits per heavy atom. The lowest BCUT2D eigenvalue weighted by Gasteiger charge is -2.33. The van der Waals surface area contributed by atoms with Gasteiger partial charge >= 0.3 is 0 Å². The first-order valence-electron chi connectivity index (χ1n) is 9.19. The number of pyridine rings is 1. The molecule has 1 amide bonds. The van der Waals surface area contributed by atoms with Gasteiger partial charge in [-0.15, -0.1) is 0 Å². The van der Waals surface area contributed by atoms with Gasteiger partial charge in [-0.25, -0.2) is 4.98 Å². The van der Waals surface area contributed by atoms with Gasteiger partial charge in [0.05, 0.1) is 13.0 Å². The van der Waals surface area contributed by atoms with E-state index >= 15 is 0 Å². The van der Waals surface area contributed by atoms with Gasteiger partial charge in [0, 0.05) is 32.4 Å². The molecule has 3 heterocycles. The van der Waals surface area contributed by atoms with Crippen LogP contribution in [-0.2, 0) is 11.2 Å². The summed E-state index contributed by atoms with van der Waals surface area (Å²) < 4.78 is 11.2. The summed E-state index contributed by atoms with van der Waals surface area (Å²) in [6, 6.07) is 12.0. The lowest BCUT2D eigenvalue weighted by molar-refractivity contribution is -0.130. The Morgan fingerprint density at radius 3 is 2.63 bits per heavy atom. The summed E-state index contributed by atoms with van der Waals surface area (Å²) in [5.41, 5.74) is 2.29. The monoisotopic (exact) mass is 366 g/mol. The number of oxazole rings is 1. The number of rotatable bonds is 5. The molecule has 27 heavy (non-hydrogen) atoms. The van der Waals surface area contributed by atoms with Crippen molar-refractivity contribution in [3.63, 3.8) is 0 Å². The second kappa shape index (κ2) is 7.65. The zero-order valence-corrected chi connectivity index (χ0v) is 15.3. The van der Waals surface area contributed by atoms with E-state index in [1.807, 2.05) is 48.2 Å². The van der Waals surface area contributed by atoms with Crippen LogP contribution in [0.3, 0.4) is 0 Å². The van der Waals surface area contributed by atoms with Crippen molar-refractivity contribution >= 4 is 23.2 Å². The number of carbonyl (C=O) groups is 1. The SMILES string of the molecule is CCOc1ccc(CC(=O)N2CCN(c3nc4ncccc4o3)CC2)cc1. The Hall–Kier alpha value is -3.09. The van der Waals surface area contributed by atoms with Gasteiger partial charge in [0.1, 0.15) is 5.75 Å². The number of benzene rings is 1. The Kier molecular flexibility index (Phi) is 4.91. The molecule has 4 rings (SSSR count). The number of piperazine rings is 1. The lowest BCUT2D eigenvalue weighted by atomic mass is 10.1. The smallest absolute Gasteiger partial charge is 0.300 e. The highest BCUT2D eigenvalue weighted by molar-refractivity contribution is 5.79. The minimum atomic E-state index is 0.137. The summed E-state index contributed by atoms with van der Waals surface area (Å²) in [5.74, 6) is 0.966. The predicted octanol–water partition coefficient (Wildman–Crippen LogP) is 2.51. The predicted molar refractivity (Wildman–Crippen MR) is 102 cm³/mol. The van der Waals surface area contributed by atoms with Crippen LogP contribution in [0.15, 0.2) is 47.0 Å². The molecule has 0 bridgehead atoms. The number of hydrogen-bond donors (Lipinski definition) is 0. The molecule has 1 aliphatic heterocycles. The molecular weight excluding hydrogens is 344 g/mol. The van der Waals surface area contributed by atoms with Crippen molar-refractivity contribution in [3.05, 3.63) is 48.2 Å². The summed E-state index contributed by atoms with van der Waals surface area (Å²) in [7, 11) is 0. The maximum Gasteiger partial charge on any atom is 0.300 e. The van der Waals surface area contributed by atoms with E-state index in [4.69, 9.17) is 9.15 Å². The first kappa shape index (κ1) is 17.3. The fourth-order valence-electron chi connectivity index (χ4n) is 3.20. The van der Waals surface area contributed by atoms with Gasteiger partial charge in [0.2, 0.25) is 11.6 Å². The minimum absolute atomic E-state index is 0.137. The van der Waals surface area contributed by atoms with Crippen LogP contribution in [0.4, 0.5) is 6.01 Å². The molecule has 0 atom stereocenters. The highest BCUT2D eigenvalue weighted by atomic mass is 16.5. The number of hydrogen-bond acceptors (Lipinski definition) is 6. The maximum atomic E-state index is 12.6. The third-order valence-electron chi connectivity index (χ3n) is 4.65. The average Bonchev–Trinajstić information content (AvgIpc) is 3.14. The van der Waals surface area contributed by atoms with E-state index < -0.39 is 0 Å². The van der Waals surface area contributed by atoms with E-state index in [0.29, 0.717) is 56.5 Å². The van der Waals surface area contributed by atoms with E-state index in [1.54, 1.807) is 6.20 Å². The van der Waals surface area contributed by atoms with E-state index in [2.05, 4.69) is 14.9 Å².